The van der Waals surface area contributed by atoms with Crippen LogP contribution >= 0.6 is 23.4 Å². The fraction of sp³-hybridized carbons (Fsp3) is 0.267. The van der Waals surface area contributed by atoms with Crippen molar-refractivity contribution < 1.29 is 0 Å². The Labute approximate surface area is 123 Å². The van der Waals surface area contributed by atoms with Crippen molar-refractivity contribution in [1.82, 2.24) is 4.98 Å². The highest BCUT2D eigenvalue weighted by Gasteiger charge is 1.99. The highest BCUT2D eigenvalue weighted by atomic mass is 35.5. The molecule has 100 valence electrons. The predicted octanol–water partition coefficient (Wildman–Crippen LogP) is 4.85. The number of rotatable bonds is 6. The van der Waals surface area contributed by atoms with Crippen molar-refractivity contribution >= 4 is 29.2 Å². The fourth-order valence-corrected chi connectivity index (χ4v) is 2.74. The third-order valence-electron chi connectivity index (χ3n) is 2.58. The number of halogens is 1. The summed E-state index contributed by atoms with van der Waals surface area (Å²) in [5.41, 5.74) is 1.21. The van der Waals surface area contributed by atoms with Crippen molar-refractivity contribution in [3.05, 3.63) is 53.2 Å². The molecule has 0 spiro atoms. The molecule has 2 rings (SSSR count). The first-order valence-electron chi connectivity index (χ1n) is 6.35. The van der Waals surface area contributed by atoms with Crippen molar-refractivity contribution in [2.75, 3.05) is 11.9 Å². The van der Waals surface area contributed by atoms with Crippen molar-refractivity contribution in [3.63, 3.8) is 0 Å². The van der Waals surface area contributed by atoms with Crippen LogP contribution in [0.2, 0.25) is 5.02 Å². The molecule has 0 saturated carbocycles. The molecule has 0 aliphatic heterocycles. The Morgan fingerprint density at radius 1 is 1.26 bits per heavy atom. The van der Waals surface area contributed by atoms with Crippen LogP contribution in [0.1, 0.15) is 18.9 Å². The van der Waals surface area contributed by atoms with E-state index in [-0.39, 0.29) is 0 Å². The molecule has 19 heavy (non-hydrogen) atoms. The molecule has 1 aromatic heterocycles. The molecule has 0 unspecified atom stereocenters. The Bertz CT molecular complexity index is 514. The minimum Gasteiger partial charge on any atom is -0.370 e. The number of benzene rings is 1. The van der Waals surface area contributed by atoms with E-state index in [1.807, 2.05) is 30.5 Å². The first kappa shape index (κ1) is 14.2. The van der Waals surface area contributed by atoms with E-state index in [9.17, 15) is 0 Å². The molecule has 4 heteroatoms. The van der Waals surface area contributed by atoms with Gasteiger partial charge in [-0.3, -0.25) is 0 Å². The number of nitrogens with zero attached hydrogens (tertiary/aromatic N) is 1. The Kier molecular flexibility index (Phi) is 5.55. The van der Waals surface area contributed by atoms with Crippen LogP contribution in [0.15, 0.2) is 47.5 Å². The third kappa shape index (κ3) is 4.77. The Morgan fingerprint density at radius 2 is 2.16 bits per heavy atom. The van der Waals surface area contributed by atoms with E-state index < -0.39 is 0 Å². The molecule has 0 atom stereocenters. The van der Waals surface area contributed by atoms with Crippen molar-refractivity contribution in [3.8, 4) is 0 Å². The minimum atomic E-state index is 0.780. The van der Waals surface area contributed by atoms with Gasteiger partial charge in [-0.25, -0.2) is 4.98 Å². The zero-order chi connectivity index (χ0) is 13.5. The molecule has 0 aliphatic carbocycles. The summed E-state index contributed by atoms with van der Waals surface area (Å²) in [4.78, 5) is 5.58. The Hall–Kier alpha value is -1.19. The maximum Gasteiger partial charge on any atom is 0.125 e. The largest absolute Gasteiger partial charge is 0.370 e. The van der Waals surface area contributed by atoms with Gasteiger partial charge in [0.15, 0.2) is 0 Å². The number of nitrogens with one attached hydrogen (secondary N) is 1. The first-order chi connectivity index (χ1) is 9.28. The SMILES string of the molecule is CCCNc1ccc(CSc2cccc(Cl)c2)cn1. The average Bonchev–Trinajstić information content (AvgIpc) is 2.44. The van der Waals surface area contributed by atoms with E-state index in [1.165, 1.54) is 10.5 Å². The molecule has 0 radical (unpaired) electrons. The molecule has 1 heterocycles. The van der Waals surface area contributed by atoms with Crippen molar-refractivity contribution in [2.24, 2.45) is 0 Å². The monoisotopic (exact) mass is 292 g/mol. The van der Waals surface area contributed by atoms with Crippen LogP contribution in [0.5, 0.6) is 0 Å². The number of aromatic nitrogens is 1. The molecule has 0 fully saturated rings. The van der Waals surface area contributed by atoms with E-state index in [4.69, 9.17) is 11.6 Å². The van der Waals surface area contributed by atoms with Crippen LogP contribution in [0.4, 0.5) is 5.82 Å². The summed E-state index contributed by atoms with van der Waals surface area (Å²) in [5, 5.41) is 4.05. The van der Waals surface area contributed by atoms with Crippen LogP contribution in [0, 0.1) is 0 Å². The smallest absolute Gasteiger partial charge is 0.125 e. The lowest BCUT2D eigenvalue weighted by atomic mass is 10.3. The van der Waals surface area contributed by atoms with Gasteiger partial charge < -0.3 is 5.32 Å². The molecule has 0 bridgehead atoms. The Balaban J connectivity index is 1.89. The lowest BCUT2D eigenvalue weighted by molar-refractivity contribution is 0.968. The quantitative estimate of drug-likeness (QED) is 0.771. The summed E-state index contributed by atoms with van der Waals surface area (Å²) in [6.45, 7) is 3.10. The number of thioether (sulfide) groups is 1. The van der Waals surface area contributed by atoms with Gasteiger partial charge in [-0.1, -0.05) is 30.7 Å². The zero-order valence-corrected chi connectivity index (χ0v) is 12.5. The molecular weight excluding hydrogens is 276 g/mol. The van der Waals surface area contributed by atoms with E-state index >= 15 is 0 Å². The van der Waals surface area contributed by atoms with Gasteiger partial charge >= 0.3 is 0 Å². The molecule has 0 aliphatic rings. The number of pyridine rings is 1. The van der Waals surface area contributed by atoms with Crippen LogP contribution in [0.25, 0.3) is 0 Å². The van der Waals surface area contributed by atoms with Gasteiger partial charge in [0.25, 0.3) is 0 Å². The number of hydrogen-bond acceptors (Lipinski definition) is 3. The molecular formula is C15H17ClN2S. The fourth-order valence-electron chi connectivity index (χ4n) is 1.59. The maximum absolute atomic E-state index is 5.96. The second-order valence-electron chi connectivity index (χ2n) is 4.22. The van der Waals surface area contributed by atoms with Crippen LogP contribution in [-0.4, -0.2) is 11.5 Å². The highest BCUT2D eigenvalue weighted by molar-refractivity contribution is 7.98. The van der Waals surface area contributed by atoms with E-state index in [0.29, 0.717) is 0 Å². The van der Waals surface area contributed by atoms with Crippen molar-refractivity contribution in [1.29, 1.82) is 0 Å². The summed E-state index contributed by atoms with van der Waals surface area (Å²) in [7, 11) is 0. The normalized spacial score (nSPS) is 10.4. The number of anilines is 1. The van der Waals surface area contributed by atoms with Gasteiger partial charge in [0.05, 0.1) is 0 Å². The summed E-state index contributed by atoms with van der Waals surface area (Å²) < 4.78 is 0. The van der Waals surface area contributed by atoms with Crippen LogP contribution < -0.4 is 5.32 Å². The van der Waals surface area contributed by atoms with Crippen molar-refractivity contribution in [2.45, 2.75) is 24.0 Å². The Morgan fingerprint density at radius 3 is 2.84 bits per heavy atom. The number of hydrogen-bond donors (Lipinski definition) is 1. The maximum atomic E-state index is 5.96. The summed E-state index contributed by atoms with van der Waals surface area (Å²) in [6, 6.07) is 12.1. The lowest BCUT2D eigenvalue weighted by Gasteiger charge is -2.05. The average molecular weight is 293 g/mol. The highest BCUT2D eigenvalue weighted by Crippen LogP contribution is 2.25. The standard InChI is InChI=1S/C15H17ClN2S/c1-2-8-17-15-7-6-12(10-18-15)11-19-14-5-3-4-13(16)9-14/h3-7,9-10H,2,8,11H2,1H3,(H,17,18). The van der Waals surface area contributed by atoms with Crippen LogP contribution in [-0.2, 0) is 5.75 Å². The third-order valence-corrected chi connectivity index (χ3v) is 3.88. The van der Waals surface area contributed by atoms with Gasteiger partial charge in [-0.05, 0) is 36.2 Å². The van der Waals surface area contributed by atoms with Gasteiger partial charge in [-0.15, -0.1) is 11.8 Å². The molecule has 1 N–H and O–H groups in total. The topological polar surface area (TPSA) is 24.9 Å². The van der Waals surface area contributed by atoms with Gasteiger partial charge in [0.1, 0.15) is 5.82 Å². The summed E-state index contributed by atoms with van der Waals surface area (Å²) in [6.07, 6.45) is 3.03. The van der Waals surface area contributed by atoms with Gasteiger partial charge in [0.2, 0.25) is 0 Å². The van der Waals surface area contributed by atoms with E-state index in [0.717, 1.165) is 29.6 Å². The first-order valence-corrected chi connectivity index (χ1v) is 7.71. The van der Waals surface area contributed by atoms with Crippen LogP contribution in [0.3, 0.4) is 0 Å². The lowest BCUT2D eigenvalue weighted by Crippen LogP contribution is -2.01. The molecule has 2 nitrogen and oxygen atoms in total. The second kappa shape index (κ2) is 7.41. The van der Waals surface area contributed by atoms with E-state index in [1.54, 1.807) is 11.8 Å². The molecule has 1 aromatic carbocycles. The molecule has 0 saturated heterocycles. The zero-order valence-electron chi connectivity index (χ0n) is 10.9. The second-order valence-corrected chi connectivity index (χ2v) is 5.71. The summed E-state index contributed by atoms with van der Waals surface area (Å²) >= 11 is 7.73. The van der Waals surface area contributed by atoms with E-state index in [2.05, 4.69) is 29.4 Å². The molecule has 0 amide bonds. The van der Waals surface area contributed by atoms with Gasteiger partial charge in [-0.2, -0.15) is 0 Å². The predicted molar refractivity (Wildman–Crippen MR) is 84.0 cm³/mol. The molecule has 2 aromatic rings. The summed E-state index contributed by atoms with van der Waals surface area (Å²) in [5.74, 6) is 1.85. The minimum absolute atomic E-state index is 0.780. The van der Waals surface area contributed by atoms with Gasteiger partial charge in [0, 0.05) is 28.4 Å².